The number of rotatable bonds is 1. The largest absolute Gasteiger partial charge is 0.353 e. The number of fused-ring (bicyclic) bond motifs is 5. The highest BCUT2D eigenvalue weighted by atomic mass is 16.1. The van der Waals surface area contributed by atoms with Crippen LogP contribution in [-0.2, 0) is 4.79 Å². The number of amides is 1. The molecule has 0 saturated heterocycles. The van der Waals surface area contributed by atoms with Gasteiger partial charge in [0.1, 0.15) is 0 Å². The van der Waals surface area contributed by atoms with Gasteiger partial charge in [0, 0.05) is 13.0 Å². The topological polar surface area (TPSA) is 29.1 Å². The highest BCUT2D eigenvalue weighted by Crippen LogP contribution is 2.65. The summed E-state index contributed by atoms with van der Waals surface area (Å²) in [6.07, 6.45) is 4.33. The van der Waals surface area contributed by atoms with Crippen LogP contribution in [0.4, 0.5) is 0 Å². The van der Waals surface area contributed by atoms with Crippen molar-refractivity contribution in [3.63, 3.8) is 0 Å². The molecule has 3 saturated carbocycles. The smallest absolute Gasteiger partial charge is 0.217 e. The summed E-state index contributed by atoms with van der Waals surface area (Å²) < 4.78 is 0. The normalized spacial score (nSPS) is 53.6. The summed E-state index contributed by atoms with van der Waals surface area (Å²) in [5.74, 6) is 3.86. The van der Waals surface area contributed by atoms with Crippen molar-refractivity contribution in [1.29, 1.82) is 0 Å². The molecule has 0 aliphatic heterocycles. The van der Waals surface area contributed by atoms with Gasteiger partial charge in [-0.3, -0.25) is 4.79 Å². The second kappa shape index (κ2) is 2.04. The van der Waals surface area contributed by atoms with Crippen LogP contribution in [0.5, 0.6) is 0 Å². The Labute approximate surface area is 72.7 Å². The Bertz CT molecular complexity index is 222. The molecule has 2 heteroatoms. The molecule has 3 rings (SSSR count). The monoisotopic (exact) mass is 165 g/mol. The summed E-state index contributed by atoms with van der Waals surface area (Å²) >= 11 is 0. The van der Waals surface area contributed by atoms with E-state index in [1.807, 2.05) is 0 Å². The van der Waals surface area contributed by atoms with Gasteiger partial charge < -0.3 is 5.32 Å². The minimum Gasteiger partial charge on any atom is -0.353 e. The van der Waals surface area contributed by atoms with E-state index in [2.05, 4.69) is 5.32 Å². The first-order valence-electron chi connectivity index (χ1n) is 5.04. The molecule has 0 heterocycles. The van der Waals surface area contributed by atoms with Crippen LogP contribution in [0.3, 0.4) is 0 Å². The van der Waals surface area contributed by atoms with Crippen molar-refractivity contribution in [3.05, 3.63) is 0 Å². The van der Waals surface area contributed by atoms with E-state index in [-0.39, 0.29) is 5.91 Å². The molecule has 0 aromatic heterocycles. The van der Waals surface area contributed by atoms with Crippen LogP contribution in [0, 0.1) is 23.7 Å². The van der Waals surface area contributed by atoms with E-state index in [0.717, 1.165) is 23.7 Å². The average Bonchev–Trinajstić information content (AvgIpc) is 2.43. The maximum atomic E-state index is 10.8. The SMILES string of the molecule is CC(=O)NC1C2C3CCC(C3)C12. The summed E-state index contributed by atoms with van der Waals surface area (Å²) in [6.45, 7) is 1.63. The zero-order chi connectivity index (χ0) is 8.29. The fraction of sp³-hybridized carbons (Fsp3) is 0.900. The van der Waals surface area contributed by atoms with Crippen molar-refractivity contribution in [2.45, 2.75) is 32.2 Å². The average molecular weight is 165 g/mol. The Morgan fingerprint density at radius 3 is 2.33 bits per heavy atom. The van der Waals surface area contributed by atoms with Crippen LogP contribution in [0.2, 0.25) is 0 Å². The van der Waals surface area contributed by atoms with Crippen molar-refractivity contribution >= 4 is 5.91 Å². The number of nitrogens with one attached hydrogen (secondary N) is 1. The maximum absolute atomic E-state index is 10.8. The highest BCUT2D eigenvalue weighted by Gasteiger charge is 2.65. The lowest BCUT2D eigenvalue weighted by atomic mass is 10.0. The molecule has 4 unspecified atom stereocenters. The Morgan fingerprint density at radius 2 is 1.83 bits per heavy atom. The molecule has 0 radical (unpaired) electrons. The minimum absolute atomic E-state index is 0.161. The van der Waals surface area contributed by atoms with Gasteiger partial charge in [0.25, 0.3) is 0 Å². The summed E-state index contributed by atoms with van der Waals surface area (Å²) in [6, 6.07) is 0.578. The van der Waals surface area contributed by atoms with Gasteiger partial charge in [0.2, 0.25) is 5.91 Å². The molecule has 1 amide bonds. The summed E-state index contributed by atoms with van der Waals surface area (Å²) in [5, 5.41) is 3.08. The molecule has 2 nitrogen and oxygen atoms in total. The van der Waals surface area contributed by atoms with Crippen LogP contribution in [0.15, 0.2) is 0 Å². The third kappa shape index (κ3) is 0.732. The lowest BCUT2D eigenvalue weighted by Gasteiger charge is -2.08. The zero-order valence-corrected chi connectivity index (χ0v) is 7.42. The molecule has 0 aromatic carbocycles. The van der Waals surface area contributed by atoms with Crippen LogP contribution in [-0.4, -0.2) is 11.9 Å². The quantitative estimate of drug-likeness (QED) is 0.621. The van der Waals surface area contributed by atoms with E-state index in [0.29, 0.717) is 6.04 Å². The van der Waals surface area contributed by atoms with E-state index >= 15 is 0 Å². The maximum Gasteiger partial charge on any atom is 0.217 e. The van der Waals surface area contributed by atoms with Crippen LogP contribution >= 0.6 is 0 Å². The molecule has 66 valence electrons. The standard InChI is InChI=1S/C10H15NO/c1-5(12)11-10-8-6-2-3-7(4-6)9(8)10/h6-10H,2-4H2,1H3,(H,11,12). The first-order valence-corrected chi connectivity index (χ1v) is 5.04. The summed E-state index contributed by atoms with van der Waals surface area (Å²) in [5.41, 5.74) is 0. The van der Waals surface area contributed by atoms with Crippen molar-refractivity contribution < 1.29 is 4.79 Å². The first-order chi connectivity index (χ1) is 5.77. The van der Waals surface area contributed by atoms with Gasteiger partial charge in [0.15, 0.2) is 0 Å². The van der Waals surface area contributed by atoms with Gasteiger partial charge >= 0.3 is 0 Å². The Balaban J connectivity index is 1.71. The number of hydrogen-bond acceptors (Lipinski definition) is 1. The fourth-order valence-corrected chi connectivity index (χ4v) is 3.75. The van der Waals surface area contributed by atoms with Gasteiger partial charge in [-0.25, -0.2) is 0 Å². The molecule has 3 aliphatic rings. The van der Waals surface area contributed by atoms with E-state index < -0.39 is 0 Å². The number of carbonyl (C=O) groups excluding carboxylic acids is 1. The van der Waals surface area contributed by atoms with Gasteiger partial charge in [-0.05, 0) is 42.9 Å². The lowest BCUT2D eigenvalue weighted by molar-refractivity contribution is -0.119. The predicted molar refractivity (Wildman–Crippen MR) is 45.4 cm³/mol. The van der Waals surface area contributed by atoms with Gasteiger partial charge in [0.05, 0.1) is 0 Å². The lowest BCUT2D eigenvalue weighted by Crippen LogP contribution is -2.27. The third-order valence-electron chi connectivity index (χ3n) is 4.11. The van der Waals surface area contributed by atoms with Gasteiger partial charge in [-0.2, -0.15) is 0 Å². The fourth-order valence-electron chi connectivity index (χ4n) is 3.75. The van der Waals surface area contributed by atoms with Crippen LogP contribution in [0.25, 0.3) is 0 Å². The molecular formula is C10H15NO. The molecule has 2 bridgehead atoms. The van der Waals surface area contributed by atoms with E-state index in [4.69, 9.17) is 0 Å². The van der Waals surface area contributed by atoms with E-state index in [1.54, 1.807) is 6.92 Å². The third-order valence-corrected chi connectivity index (χ3v) is 4.11. The zero-order valence-electron chi connectivity index (χ0n) is 7.42. The molecule has 3 aliphatic carbocycles. The Hall–Kier alpha value is -0.530. The summed E-state index contributed by atoms with van der Waals surface area (Å²) in [7, 11) is 0. The number of carbonyl (C=O) groups is 1. The van der Waals surface area contributed by atoms with Crippen molar-refractivity contribution in [1.82, 2.24) is 5.32 Å². The van der Waals surface area contributed by atoms with E-state index in [9.17, 15) is 4.79 Å². The number of hydrogen-bond donors (Lipinski definition) is 1. The molecule has 1 N–H and O–H groups in total. The van der Waals surface area contributed by atoms with Crippen LogP contribution < -0.4 is 5.32 Å². The van der Waals surface area contributed by atoms with Gasteiger partial charge in [-0.15, -0.1) is 0 Å². The molecule has 0 aromatic rings. The second-order valence-electron chi connectivity index (χ2n) is 4.71. The predicted octanol–water partition coefficient (Wildman–Crippen LogP) is 1.17. The van der Waals surface area contributed by atoms with Crippen molar-refractivity contribution in [2.75, 3.05) is 0 Å². The summed E-state index contributed by atoms with van der Waals surface area (Å²) in [4.78, 5) is 10.8. The molecule has 0 spiro atoms. The highest BCUT2D eigenvalue weighted by molar-refractivity contribution is 5.73. The molecule has 4 atom stereocenters. The Kier molecular flexibility index (Phi) is 1.18. The van der Waals surface area contributed by atoms with Gasteiger partial charge in [-0.1, -0.05) is 0 Å². The van der Waals surface area contributed by atoms with Crippen molar-refractivity contribution in [2.24, 2.45) is 23.7 Å². The second-order valence-corrected chi connectivity index (χ2v) is 4.71. The minimum atomic E-state index is 0.161. The molecular weight excluding hydrogens is 150 g/mol. The van der Waals surface area contributed by atoms with Crippen molar-refractivity contribution in [3.8, 4) is 0 Å². The van der Waals surface area contributed by atoms with Crippen LogP contribution in [0.1, 0.15) is 26.2 Å². The van der Waals surface area contributed by atoms with E-state index in [1.165, 1.54) is 19.3 Å². The molecule has 3 fully saturated rings. The first kappa shape index (κ1) is 6.93. The Morgan fingerprint density at radius 1 is 1.25 bits per heavy atom. The molecule has 12 heavy (non-hydrogen) atoms.